The second-order valence-electron chi connectivity index (χ2n) is 6.94. The largest absolute Gasteiger partial charge is 0.508 e. The fourth-order valence-electron chi connectivity index (χ4n) is 3.17. The fraction of sp³-hybridized carbons (Fsp3) is 0.167. The predicted octanol–water partition coefficient (Wildman–Crippen LogP) is 4.54. The van der Waals surface area contributed by atoms with Gasteiger partial charge < -0.3 is 24.1 Å². The van der Waals surface area contributed by atoms with Crippen LogP contribution < -0.4 is 23.7 Å². The molecule has 10 heteroatoms. The van der Waals surface area contributed by atoms with Gasteiger partial charge in [0.05, 0.1) is 39.0 Å². The van der Waals surface area contributed by atoms with Crippen molar-refractivity contribution < 1.29 is 36.9 Å². The summed E-state index contributed by atoms with van der Waals surface area (Å²) in [6, 6.07) is 11.2. The first-order valence-corrected chi connectivity index (χ1v) is 11.4. The second kappa shape index (κ2) is 10.3. The zero-order valence-corrected chi connectivity index (χ0v) is 19.8. The molecule has 0 aromatic heterocycles. The van der Waals surface area contributed by atoms with Crippen molar-refractivity contribution in [3.8, 4) is 28.7 Å². The quantitative estimate of drug-likeness (QED) is 0.426. The van der Waals surface area contributed by atoms with Crippen LogP contribution in [0.4, 0.5) is 10.1 Å². The maximum atomic E-state index is 15.1. The Kier molecular flexibility index (Phi) is 7.52. The Hall–Kier alpha value is -3.92. The third-order valence-corrected chi connectivity index (χ3v) is 6.25. The number of halogens is 1. The van der Waals surface area contributed by atoms with E-state index in [0.29, 0.717) is 22.8 Å². The molecular weight excluding hydrogens is 465 g/mol. The van der Waals surface area contributed by atoms with Crippen LogP contribution in [0.15, 0.2) is 53.4 Å². The van der Waals surface area contributed by atoms with Crippen molar-refractivity contribution in [2.45, 2.75) is 4.90 Å². The SMILES string of the molecule is COc1ccc(/C=C\c2cc(OC)c(OC)c(OC)c2)c(NS(=O)(=O)c2ccc(O)cc2)c1F. The average Bonchev–Trinajstić information content (AvgIpc) is 2.83. The lowest BCUT2D eigenvalue weighted by molar-refractivity contribution is 0.324. The molecular formula is C24H24FNO7S. The minimum absolute atomic E-state index is 0.0968. The molecule has 0 saturated heterocycles. The zero-order valence-electron chi connectivity index (χ0n) is 19.0. The highest BCUT2D eigenvalue weighted by molar-refractivity contribution is 7.92. The molecule has 0 aliphatic heterocycles. The molecule has 0 aliphatic carbocycles. The number of methoxy groups -OCH3 is 4. The van der Waals surface area contributed by atoms with Gasteiger partial charge in [-0.25, -0.2) is 12.8 Å². The monoisotopic (exact) mass is 489 g/mol. The number of phenols is 1. The molecule has 180 valence electrons. The van der Waals surface area contributed by atoms with Gasteiger partial charge in [-0.05, 0) is 54.1 Å². The summed E-state index contributed by atoms with van der Waals surface area (Å²) in [4.78, 5) is -0.146. The number of sulfonamides is 1. The summed E-state index contributed by atoms with van der Waals surface area (Å²) in [5.41, 5.74) is 0.587. The molecule has 0 fully saturated rings. The van der Waals surface area contributed by atoms with Gasteiger partial charge in [-0.2, -0.15) is 0 Å². The van der Waals surface area contributed by atoms with Crippen LogP contribution in [0.5, 0.6) is 28.7 Å². The predicted molar refractivity (Wildman–Crippen MR) is 127 cm³/mol. The Bertz CT molecular complexity index is 1280. The molecule has 3 rings (SSSR count). The van der Waals surface area contributed by atoms with Gasteiger partial charge in [-0.1, -0.05) is 12.2 Å². The van der Waals surface area contributed by atoms with E-state index < -0.39 is 15.8 Å². The molecule has 0 saturated carbocycles. The highest BCUT2D eigenvalue weighted by Crippen LogP contribution is 2.39. The second-order valence-corrected chi connectivity index (χ2v) is 8.62. The van der Waals surface area contributed by atoms with Crippen LogP contribution in [-0.2, 0) is 10.0 Å². The Morgan fingerprint density at radius 3 is 1.94 bits per heavy atom. The van der Waals surface area contributed by atoms with Crippen molar-refractivity contribution in [3.05, 3.63) is 65.5 Å². The van der Waals surface area contributed by atoms with E-state index in [1.54, 1.807) is 18.2 Å². The van der Waals surface area contributed by atoms with Gasteiger partial charge in [0.15, 0.2) is 23.1 Å². The molecule has 0 heterocycles. The Morgan fingerprint density at radius 2 is 1.41 bits per heavy atom. The molecule has 2 N–H and O–H groups in total. The number of nitrogens with one attached hydrogen (secondary N) is 1. The molecule has 8 nitrogen and oxygen atoms in total. The summed E-state index contributed by atoms with van der Waals surface area (Å²) in [6.45, 7) is 0. The van der Waals surface area contributed by atoms with Crippen molar-refractivity contribution >= 4 is 27.9 Å². The Labute approximate surface area is 197 Å². The summed E-state index contributed by atoms with van der Waals surface area (Å²) < 4.78 is 64.1. The van der Waals surface area contributed by atoms with Crippen LogP contribution in [0.25, 0.3) is 12.2 Å². The molecule has 0 radical (unpaired) electrons. The van der Waals surface area contributed by atoms with Crippen LogP contribution in [0.1, 0.15) is 11.1 Å². The first-order chi connectivity index (χ1) is 16.2. The maximum Gasteiger partial charge on any atom is 0.262 e. The first kappa shape index (κ1) is 24.7. The van der Waals surface area contributed by atoms with Gasteiger partial charge in [0.25, 0.3) is 10.0 Å². The lowest BCUT2D eigenvalue weighted by Gasteiger charge is -2.15. The lowest BCUT2D eigenvalue weighted by Crippen LogP contribution is -2.15. The first-order valence-electron chi connectivity index (χ1n) is 9.90. The highest BCUT2D eigenvalue weighted by Gasteiger charge is 2.21. The molecule has 0 atom stereocenters. The van der Waals surface area contributed by atoms with E-state index in [1.807, 2.05) is 0 Å². The number of anilines is 1. The van der Waals surface area contributed by atoms with Crippen LogP contribution in [0.3, 0.4) is 0 Å². The summed E-state index contributed by atoms with van der Waals surface area (Å²) in [6.07, 6.45) is 3.18. The minimum Gasteiger partial charge on any atom is -0.508 e. The molecule has 3 aromatic rings. The zero-order chi connectivity index (χ0) is 24.9. The third kappa shape index (κ3) is 5.18. The molecule has 0 amide bonds. The Balaban J connectivity index is 2.05. The van der Waals surface area contributed by atoms with Crippen LogP contribution in [0.2, 0.25) is 0 Å². The van der Waals surface area contributed by atoms with Crippen molar-refractivity contribution in [2.24, 2.45) is 0 Å². The highest BCUT2D eigenvalue weighted by atomic mass is 32.2. The van der Waals surface area contributed by atoms with Gasteiger partial charge >= 0.3 is 0 Å². The summed E-state index contributed by atoms with van der Waals surface area (Å²) in [7, 11) is 1.58. The Morgan fingerprint density at radius 1 is 0.824 bits per heavy atom. The van der Waals surface area contributed by atoms with Gasteiger partial charge in [0, 0.05) is 5.56 Å². The topological polar surface area (TPSA) is 103 Å². The van der Waals surface area contributed by atoms with Crippen molar-refractivity contribution in [2.75, 3.05) is 33.2 Å². The number of benzene rings is 3. The van der Waals surface area contributed by atoms with Crippen LogP contribution in [-0.4, -0.2) is 42.0 Å². The molecule has 0 unspecified atom stereocenters. The molecule has 3 aromatic carbocycles. The number of hydrogen-bond donors (Lipinski definition) is 2. The smallest absolute Gasteiger partial charge is 0.262 e. The van der Waals surface area contributed by atoms with E-state index in [0.717, 1.165) is 0 Å². The number of hydrogen-bond acceptors (Lipinski definition) is 7. The minimum atomic E-state index is -4.16. The van der Waals surface area contributed by atoms with Crippen molar-refractivity contribution in [1.82, 2.24) is 0 Å². The number of ether oxygens (including phenoxy) is 4. The fourth-order valence-corrected chi connectivity index (χ4v) is 4.26. The third-order valence-electron chi connectivity index (χ3n) is 4.88. The van der Waals surface area contributed by atoms with E-state index in [9.17, 15) is 13.5 Å². The van der Waals surface area contributed by atoms with E-state index in [2.05, 4.69) is 4.72 Å². The van der Waals surface area contributed by atoms with Gasteiger partial charge in [0.2, 0.25) is 5.75 Å². The number of rotatable bonds is 9. The summed E-state index contributed by atoms with van der Waals surface area (Å²) >= 11 is 0. The van der Waals surface area contributed by atoms with Gasteiger partial charge in [-0.3, -0.25) is 4.72 Å². The van der Waals surface area contributed by atoms with E-state index in [4.69, 9.17) is 18.9 Å². The van der Waals surface area contributed by atoms with E-state index >= 15 is 4.39 Å². The number of phenolic OH excluding ortho intramolecular Hbond substituents is 1. The van der Waals surface area contributed by atoms with E-state index in [1.165, 1.54) is 70.9 Å². The van der Waals surface area contributed by atoms with Gasteiger partial charge in [-0.15, -0.1) is 0 Å². The summed E-state index contributed by atoms with van der Waals surface area (Å²) in [5.74, 6) is 0.164. The van der Waals surface area contributed by atoms with Crippen molar-refractivity contribution in [3.63, 3.8) is 0 Å². The van der Waals surface area contributed by atoms with Gasteiger partial charge in [0.1, 0.15) is 5.75 Å². The molecule has 0 bridgehead atoms. The maximum absolute atomic E-state index is 15.1. The van der Waals surface area contributed by atoms with Crippen LogP contribution >= 0.6 is 0 Å². The molecule has 34 heavy (non-hydrogen) atoms. The number of aromatic hydroxyl groups is 1. The average molecular weight is 490 g/mol. The normalized spacial score (nSPS) is 11.3. The lowest BCUT2D eigenvalue weighted by atomic mass is 10.1. The molecule has 0 aliphatic rings. The summed E-state index contributed by atoms with van der Waals surface area (Å²) in [5, 5.41) is 9.43. The van der Waals surface area contributed by atoms with Crippen molar-refractivity contribution in [1.29, 1.82) is 0 Å². The van der Waals surface area contributed by atoms with Crippen LogP contribution in [0, 0.1) is 5.82 Å². The standard InChI is InChI=1S/C24H24FNO7S/c1-30-19-12-7-16(6-5-15-13-20(31-2)24(33-4)21(14-15)32-3)23(22(19)25)26-34(28,29)18-10-8-17(27)9-11-18/h5-14,26-27H,1-4H3/b6-5-. The molecule has 0 spiro atoms. The van der Waals surface area contributed by atoms with E-state index in [-0.39, 0.29) is 27.6 Å².